The fourth-order valence-electron chi connectivity index (χ4n) is 2.69. The normalized spacial score (nSPS) is 10.3. The van der Waals surface area contributed by atoms with E-state index in [0.29, 0.717) is 17.1 Å². The van der Waals surface area contributed by atoms with E-state index >= 15 is 0 Å². The number of phenolic OH excluding ortho intramolecular Hbond substituents is 1. The predicted octanol–water partition coefficient (Wildman–Crippen LogP) is 4.28. The van der Waals surface area contributed by atoms with Gasteiger partial charge in [-0.1, -0.05) is 48.5 Å². The first kappa shape index (κ1) is 16.4. The van der Waals surface area contributed by atoms with Crippen LogP contribution in [0.4, 0.5) is 16.2 Å². The third-order valence-corrected chi connectivity index (χ3v) is 3.87. The molecule has 0 saturated heterocycles. The summed E-state index contributed by atoms with van der Waals surface area (Å²) in [5.41, 5.74) is 8.17. The van der Waals surface area contributed by atoms with Gasteiger partial charge in [-0.25, -0.2) is 4.79 Å². The van der Waals surface area contributed by atoms with E-state index in [1.807, 2.05) is 30.3 Å². The fraction of sp³-hybridized carbons (Fsp3) is 0.0500. The summed E-state index contributed by atoms with van der Waals surface area (Å²) in [6.45, 7) is 0. The third kappa shape index (κ3) is 3.26. The lowest BCUT2D eigenvalue weighted by atomic mass is 10.0. The summed E-state index contributed by atoms with van der Waals surface area (Å²) >= 11 is 0. The Labute approximate surface area is 145 Å². The molecule has 0 fully saturated rings. The third-order valence-electron chi connectivity index (χ3n) is 3.87. The van der Waals surface area contributed by atoms with E-state index in [-0.39, 0.29) is 5.75 Å². The second-order valence-corrected chi connectivity index (χ2v) is 5.42. The van der Waals surface area contributed by atoms with Crippen LogP contribution in [-0.2, 0) is 0 Å². The number of aromatic hydroxyl groups is 1. The minimum Gasteiger partial charge on any atom is -0.506 e. The average Bonchev–Trinajstić information content (AvgIpc) is 2.64. The highest BCUT2D eigenvalue weighted by atomic mass is 16.5. The first-order valence-corrected chi connectivity index (χ1v) is 7.73. The molecule has 25 heavy (non-hydrogen) atoms. The van der Waals surface area contributed by atoms with Crippen LogP contribution in [0.15, 0.2) is 72.8 Å². The molecule has 5 nitrogen and oxygen atoms in total. The van der Waals surface area contributed by atoms with Crippen molar-refractivity contribution in [2.24, 2.45) is 5.73 Å². The highest BCUT2D eigenvalue weighted by molar-refractivity contribution is 6.01. The van der Waals surface area contributed by atoms with E-state index in [2.05, 4.69) is 0 Å². The van der Waals surface area contributed by atoms with Crippen LogP contribution in [0, 0.1) is 0 Å². The molecule has 0 bridgehead atoms. The molecule has 3 aromatic carbocycles. The molecule has 0 heterocycles. The van der Waals surface area contributed by atoms with Crippen molar-refractivity contribution in [2.75, 3.05) is 12.0 Å². The van der Waals surface area contributed by atoms with Crippen LogP contribution in [0.1, 0.15) is 0 Å². The molecule has 0 radical (unpaired) electrons. The molecule has 126 valence electrons. The van der Waals surface area contributed by atoms with Crippen molar-refractivity contribution in [1.29, 1.82) is 0 Å². The maximum absolute atomic E-state index is 12.2. The number of amides is 2. The van der Waals surface area contributed by atoms with E-state index < -0.39 is 6.03 Å². The first-order valence-electron chi connectivity index (χ1n) is 7.73. The van der Waals surface area contributed by atoms with Gasteiger partial charge in [-0.2, -0.15) is 0 Å². The number of primary amides is 1. The zero-order valence-electron chi connectivity index (χ0n) is 13.7. The number of hydrogen-bond acceptors (Lipinski definition) is 3. The van der Waals surface area contributed by atoms with Crippen molar-refractivity contribution in [3.8, 4) is 22.6 Å². The van der Waals surface area contributed by atoms with Crippen LogP contribution in [0.2, 0.25) is 0 Å². The quantitative estimate of drug-likeness (QED) is 0.747. The Morgan fingerprint density at radius 3 is 2.28 bits per heavy atom. The molecule has 3 N–H and O–H groups in total. The molecule has 3 rings (SSSR count). The van der Waals surface area contributed by atoms with Crippen molar-refractivity contribution in [3.63, 3.8) is 0 Å². The second kappa shape index (κ2) is 6.97. The van der Waals surface area contributed by atoms with Gasteiger partial charge in [-0.05, 0) is 35.4 Å². The van der Waals surface area contributed by atoms with Crippen LogP contribution in [-0.4, -0.2) is 18.2 Å². The fourth-order valence-corrected chi connectivity index (χ4v) is 2.69. The van der Waals surface area contributed by atoms with Crippen molar-refractivity contribution in [3.05, 3.63) is 72.8 Å². The Morgan fingerprint density at radius 1 is 0.920 bits per heavy atom. The van der Waals surface area contributed by atoms with Gasteiger partial charge in [-0.15, -0.1) is 0 Å². The van der Waals surface area contributed by atoms with Gasteiger partial charge in [0, 0.05) is 0 Å². The number of nitrogens with two attached hydrogens (primary N) is 1. The molecular formula is C20H18N2O3. The van der Waals surface area contributed by atoms with Gasteiger partial charge >= 0.3 is 6.03 Å². The maximum atomic E-state index is 12.2. The molecule has 2 amide bonds. The standard InChI is InChI=1S/C20H18N2O3/c1-25-19-10-6-5-9-16(19)22(20(21)24)17-13-15(11-12-18(17)23)14-7-3-2-4-8-14/h2-13,23H,1H3,(H2,21,24). The van der Waals surface area contributed by atoms with Crippen LogP contribution < -0.4 is 15.4 Å². The number of urea groups is 1. The van der Waals surface area contributed by atoms with Gasteiger partial charge in [-0.3, -0.25) is 4.90 Å². The molecule has 0 spiro atoms. The van der Waals surface area contributed by atoms with Crippen molar-refractivity contribution in [2.45, 2.75) is 0 Å². The Hall–Kier alpha value is -3.47. The molecule has 3 aromatic rings. The Kier molecular flexibility index (Phi) is 4.57. The van der Waals surface area contributed by atoms with Gasteiger partial charge in [0.2, 0.25) is 0 Å². The summed E-state index contributed by atoms with van der Waals surface area (Å²) in [5, 5.41) is 10.3. The number of carbonyl (C=O) groups is 1. The zero-order valence-corrected chi connectivity index (χ0v) is 13.7. The Balaban J connectivity index is 2.16. The topological polar surface area (TPSA) is 75.8 Å². The van der Waals surface area contributed by atoms with Crippen LogP contribution in [0.25, 0.3) is 11.1 Å². The van der Waals surface area contributed by atoms with E-state index in [1.54, 1.807) is 42.5 Å². The van der Waals surface area contributed by atoms with Crippen LogP contribution >= 0.6 is 0 Å². The van der Waals surface area contributed by atoms with Crippen molar-refractivity contribution < 1.29 is 14.6 Å². The predicted molar refractivity (Wildman–Crippen MR) is 98.3 cm³/mol. The smallest absolute Gasteiger partial charge is 0.324 e. The van der Waals surface area contributed by atoms with Gasteiger partial charge in [0.25, 0.3) is 0 Å². The largest absolute Gasteiger partial charge is 0.506 e. The van der Waals surface area contributed by atoms with E-state index in [9.17, 15) is 9.90 Å². The van der Waals surface area contributed by atoms with Gasteiger partial charge in [0.05, 0.1) is 18.5 Å². The highest BCUT2D eigenvalue weighted by Crippen LogP contribution is 2.39. The second-order valence-electron chi connectivity index (χ2n) is 5.42. The molecule has 0 aromatic heterocycles. The summed E-state index contributed by atoms with van der Waals surface area (Å²) in [5.74, 6) is 0.426. The van der Waals surface area contributed by atoms with Crippen LogP contribution in [0.5, 0.6) is 11.5 Å². The van der Waals surface area contributed by atoms with Crippen molar-refractivity contribution in [1.82, 2.24) is 0 Å². The van der Waals surface area contributed by atoms with E-state index in [0.717, 1.165) is 11.1 Å². The maximum Gasteiger partial charge on any atom is 0.324 e. The number of phenols is 1. The number of ether oxygens (including phenoxy) is 1. The molecule has 0 aliphatic rings. The Morgan fingerprint density at radius 2 is 1.60 bits per heavy atom. The molecule has 0 aliphatic heterocycles. The number of methoxy groups -OCH3 is 1. The lowest BCUT2D eigenvalue weighted by Gasteiger charge is -2.24. The number of carbonyl (C=O) groups excluding carboxylic acids is 1. The van der Waals surface area contributed by atoms with E-state index in [4.69, 9.17) is 10.5 Å². The SMILES string of the molecule is COc1ccccc1N(C(N)=O)c1cc(-c2ccccc2)ccc1O. The number of rotatable bonds is 4. The molecule has 5 heteroatoms. The summed E-state index contributed by atoms with van der Waals surface area (Å²) in [4.78, 5) is 13.4. The summed E-state index contributed by atoms with van der Waals surface area (Å²) < 4.78 is 5.32. The number of para-hydroxylation sites is 2. The average molecular weight is 334 g/mol. The lowest BCUT2D eigenvalue weighted by Crippen LogP contribution is -2.31. The number of nitrogens with zero attached hydrogens (tertiary/aromatic N) is 1. The number of benzene rings is 3. The zero-order chi connectivity index (χ0) is 17.8. The molecule has 0 unspecified atom stereocenters. The summed E-state index contributed by atoms with van der Waals surface area (Å²) in [6, 6.07) is 21.0. The van der Waals surface area contributed by atoms with E-state index in [1.165, 1.54) is 12.0 Å². The van der Waals surface area contributed by atoms with Crippen molar-refractivity contribution >= 4 is 17.4 Å². The molecule has 0 aliphatic carbocycles. The molecular weight excluding hydrogens is 316 g/mol. The van der Waals surface area contributed by atoms with Crippen LogP contribution in [0.3, 0.4) is 0 Å². The van der Waals surface area contributed by atoms with Gasteiger partial charge < -0.3 is 15.6 Å². The van der Waals surface area contributed by atoms with Gasteiger partial charge in [0.1, 0.15) is 11.5 Å². The molecule has 0 saturated carbocycles. The Bertz CT molecular complexity index is 894. The summed E-state index contributed by atoms with van der Waals surface area (Å²) in [6.07, 6.45) is 0. The minimum atomic E-state index is -0.718. The monoisotopic (exact) mass is 334 g/mol. The lowest BCUT2D eigenvalue weighted by molar-refractivity contribution is 0.255. The summed E-state index contributed by atoms with van der Waals surface area (Å²) in [7, 11) is 1.51. The highest BCUT2D eigenvalue weighted by Gasteiger charge is 2.22. The minimum absolute atomic E-state index is 0.0515. The number of anilines is 2. The first-order chi connectivity index (χ1) is 12.1. The number of hydrogen-bond donors (Lipinski definition) is 2. The van der Waals surface area contributed by atoms with Gasteiger partial charge in [0.15, 0.2) is 0 Å². The molecule has 0 atom stereocenters.